The van der Waals surface area contributed by atoms with Crippen molar-refractivity contribution in [1.82, 2.24) is 10.6 Å². The maximum Gasteiger partial charge on any atom is 0.328 e. The summed E-state index contributed by atoms with van der Waals surface area (Å²) in [7, 11) is 0. The fourth-order valence-electron chi connectivity index (χ4n) is 1.32. The van der Waals surface area contributed by atoms with E-state index in [0.717, 1.165) is 0 Å². The van der Waals surface area contributed by atoms with Crippen LogP contribution in [-0.4, -0.2) is 58.6 Å². The summed E-state index contributed by atoms with van der Waals surface area (Å²) in [6.45, 7) is 0.580. The first kappa shape index (κ1) is 18.8. The van der Waals surface area contributed by atoms with Gasteiger partial charge in [0.2, 0.25) is 17.7 Å². The van der Waals surface area contributed by atoms with Crippen LogP contribution < -0.4 is 22.1 Å². The molecule has 0 aliphatic heterocycles. The van der Waals surface area contributed by atoms with E-state index in [9.17, 15) is 19.2 Å². The molecule has 120 valence electrons. The van der Waals surface area contributed by atoms with E-state index in [-0.39, 0.29) is 12.8 Å². The number of hydrogen-bond donors (Lipinski definition) is 6. The molecule has 8 N–H and O–H groups in total. The molecule has 0 spiro atoms. The lowest BCUT2D eigenvalue weighted by molar-refractivity contribution is -0.143. The lowest BCUT2D eigenvalue weighted by atomic mass is 10.1. The Labute approximate surface area is 120 Å². The topological polar surface area (TPSA) is 185 Å². The van der Waals surface area contributed by atoms with Gasteiger partial charge in [-0.15, -0.1) is 0 Å². The van der Waals surface area contributed by atoms with Crippen molar-refractivity contribution in [2.75, 3.05) is 6.61 Å². The van der Waals surface area contributed by atoms with Gasteiger partial charge in [-0.3, -0.25) is 14.4 Å². The first-order valence-electron chi connectivity index (χ1n) is 6.17. The predicted octanol–water partition coefficient (Wildman–Crippen LogP) is -3.35. The normalized spacial score (nSPS) is 14.6. The summed E-state index contributed by atoms with van der Waals surface area (Å²) in [6.07, 6.45) is -0.300. The fraction of sp³-hybridized carbons (Fsp3) is 0.636. The zero-order chi connectivity index (χ0) is 16.6. The monoisotopic (exact) mass is 304 g/mol. The van der Waals surface area contributed by atoms with Gasteiger partial charge in [0.1, 0.15) is 12.1 Å². The Balaban J connectivity index is 4.83. The van der Waals surface area contributed by atoms with Gasteiger partial charge in [0.25, 0.3) is 0 Å². The van der Waals surface area contributed by atoms with Crippen molar-refractivity contribution in [1.29, 1.82) is 0 Å². The molecule has 0 aliphatic carbocycles. The van der Waals surface area contributed by atoms with Crippen molar-refractivity contribution in [2.45, 2.75) is 37.9 Å². The van der Waals surface area contributed by atoms with Crippen LogP contribution >= 0.6 is 0 Å². The fourth-order valence-corrected chi connectivity index (χ4v) is 1.32. The molecule has 0 heterocycles. The van der Waals surface area contributed by atoms with Crippen LogP contribution in [0.2, 0.25) is 0 Å². The Kier molecular flexibility index (Phi) is 7.94. The third-order valence-electron chi connectivity index (χ3n) is 2.52. The predicted molar refractivity (Wildman–Crippen MR) is 70.7 cm³/mol. The number of amides is 3. The first-order chi connectivity index (χ1) is 9.68. The maximum absolute atomic E-state index is 11.9. The van der Waals surface area contributed by atoms with Crippen molar-refractivity contribution in [3.63, 3.8) is 0 Å². The second-order valence-corrected chi connectivity index (χ2v) is 4.44. The third kappa shape index (κ3) is 7.22. The molecule has 0 fully saturated rings. The van der Waals surface area contributed by atoms with Crippen LogP contribution in [0, 0.1) is 0 Å². The van der Waals surface area contributed by atoms with E-state index in [0.29, 0.717) is 0 Å². The minimum Gasteiger partial charge on any atom is -0.480 e. The zero-order valence-electron chi connectivity index (χ0n) is 11.5. The molecule has 3 amide bonds. The van der Waals surface area contributed by atoms with Crippen LogP contribution in [0.3, 0.4) is 0 Å². The summed E-state index contributed by atoms with van der Waals surface area (Å²) in [4.78, 5) is 44.9. The third-order valence-corrected chi connectivity index (χ3v) is 2.52. The Hall–Kier alpha value is -2.20. The molecule has 0 aromatic rings. The van der Waals surface area contributed by atoms with Crippen LogP contribution in [-0.2, 0) is 19.2 Å². The number of aliphatic carboxylic acids is 1. The van der Waals surface area contributed by atoms with Crippen molar-refractivity contribution >= 4 is 23.7 Å². The summed E-state index contributed by atoms with van der Waals surface area (Å²) in [5.74, 6) is -3.61. The molecule has 0 radical (unpaired) electrons. The van der Waals surface area contributed by atoms with Crippen LogP contribution in [0.15, 0.2) is 0 Å². The lowest BCUT2D eigenvalue weighted by Gasteiger charge is -2.21. The van der Waals surface area contributed by atoms with Gasteiger partial charge in [-0.25, -0.2) is 4.79 Å². The van der Waals surface area contributed by atoms with E-state index < -0.39 is 48.4 Å². The van der Waals surface area contributed by atoms with Crippen molar-refractivity contribution in [3.8, 4) is 0 Å². The lowest BCUT2D eigenvalue weighted by Crippen LogP contribution is -2.54. The Morgan fingerprint density at radius 2 is 1.62 bits per heavy atom. The average molecular weight is 304 g/mol. The van der Waals surface area contributed by atoms with Gasteiger partial charge >= 0.3 is 5.97 Å². The number of nitrogens with two attached hydrogens (primary N) is 2. The van der Waals surface area contributed by atoms with Crippen LogP contribution in [0.4, 0.5) is 0 Å². The largest absolute Gasteiger partial charge is 0.480 e. The molecule has 0 aromatic heterocycles. The van der Waals surface area contributed by atoms with E-state index >= 15 is 0 Å². The first-order valence-corrected chi connectivity index (χ1v) is 6.17. The second-order valence-electron chi connectivity index (χ2n) is 4.44. The second kappa shape index (κ2) is 8.87. The molecule has 0 saturated carbocycles. The van der Waals surface area contributed by atoms with Gasteiger partial charge in [0, 0.05) is 6.42 Å². The summed E-state index contributed by atoms with van der Waals surface area (Å²) >= 11 is 0. The number of aliphatic hydroxyl groups is 1. The van der Waals surface area contributed by atoms with Crippen LogP contribution in [0.5, 0.6) is 0 Å². The molecule has 0 bridgehead atoms. The zero-order valence-corrected chi connectivity index (χ0v) is 11.5. The molecule has 3 atom stereocenters. The molecule has 10 nitrogen and oxygen atoms in total. The van der Waals surface area contributed by atoms with E-state index in [1.54, 1.807) is 0 Å². The number of primary amides is 1. The summed E-state index contributed by atoms with van der Waals surface area (Å²) in [5.41, 5.74) is 10.3. The highest BCUT2D eigenvalue weighted by atomic mass is 16.4. The number of carboxylic acids is 1. The number of carboxylic acid groups (broad SMARTS) is 1. The number of rotatable bonds is 9. The molecule has 21 heavy (non-hydrogen) atoms. The van der Waals surface area contributed by atoms with Crippen LogP contribution in [0.25, 0.3) is 0 Å². The molecule has 0 saturated heterocycles. The highest BCUT2D eigenvalue weighted by Crippen LogP contribution is 1.99. The molecule has 0 aliphatic rings. The summed E-state index contributed by atoms with van der Waals surface area (Å²) in [5, 5.41) is 21.9. The average Bonchev–Trinajstić information content (AvgIpc) is 2.39. The van der Waals surface area contributed by atoms with E-state index in [1.807, 2.05) is 5.32 Å². The summed E-state index contributed by atoms with van der Waals surface area (Å²) in [6, 6.07) is -3.58. The van der Waals surface area contributed by atoms with Gasteiger partial charge in [-0.2, -0.15) is 0 Å². The van der Waals surface area contributed by atoms with Gasteiger partial charge in [-0.05, 0) is 13.3 Å². The number of carbonyl (C=O) groups is 4. The number of nitrogens with one attached hydrogen (secondary N) is 2. The SMILES string of the molecule is C[C@H](N)C(=O)N[C@@H](CCC(N)=O)C(=O)N[C@@H](CO)C(=O)O. The molecule has 0 aromatic carbocycles. The van der Waals surface area contributed by atoms with Crippen LogP contribution in [0.1, 0.15) is 19.8 Å². The summed E-state index contributed by atoms with van der Waals surface area (Å²) < 4.78 is 0. The molecule has 0 unspecified atom stereocenters. The van der Waals surface area contributed by atoms with E-state index in [1.165, 1.54) is 6.92 Å². The molecule has 10 heteroatoms. The maximum atomic E-state index is 11.9. The number of carbonyl (C=O) groups excluding carboxylic acids is 3. The quantitative estimate of drug-likeness (QED) is 0.257. The van der Waals surface area contributed by atoms with Gasteiger partial charge < -0.3 is 32.3 Å². The van der Waals surface area contributed by atoms with Crippen molar-refractivity contribution in [2.24, 2.45) is 11.5 Å². The molecular formula is C11H20N4O6. The highest BCUT2D eigenvalue weighted by molar-refractivity contribution is 5.92. The van der Waals surface area contributed by atoms with Crippen molar-refractivity contribution < 1.29 is 29.4 Å². The Morgan fingerprint density at radius 3 is 2.00 bits per heavy atom. The van der Waals surface area contributed by atoms with Gasteiger partial charge in [0.15, 0.2) is 0 Å². The van der Waals surface area contributed by atoms with E-state index in [4.69, 9.17) is 21.7 Å². The highest BCUT2D eigenvalue weighted by Gasteiger charge is 2.26. The molecule has 0 rings (SSSR count). The standard InChI is InChI=1S/C11H20N4O6/c1-5(12)9(18)14-6(2-3-8(13)17)10(19)15-7(4-16)11(20)21/h5-7,16H,2-4,12H2,1H3,(H2,13,17)(H,14,18)(H,15,19)(H,20,21)/t5-,6-,7-/m0/s1. The molecular weight excluding hydrogens is 284 g/mol. The van der Waals surface area contributed by atoms with Gasteiger partial charge in [0.05, 0.1) is 12.6 Å². The van der Waals surface area contributed by atoms with Gasteiger partial charge in [-0.1, -0.05) is 0 Å². The van der Waals surface area contributed by atoms with Crippen molar-refractivity contribution in [3.05, 3.63) is 0 Å². The number of hydrogen-bond acceptors (Lipinski definition) is 6. The Bertz CT molecular complexity index is 412. The van der Waals surface area contributed by atoms with E-state index in [2.05, 4.69) is 5.32 Å². The minimum absolute atomic E-state index is 0.114. The smallest absolute Gasteiger partial charge is 0.328 e. The number of aliphatic hydroxyl groups excluding tert-OH is 1. The Morgan fingerprint density at radius 1 is 1.10 bits per heavy atom. The minimum atomic E-state index is -1.51.